The molecule has 0 aliphatic carbocycles. The molecular weight excluding hydrogens is 386 g/mol. The third-order valence-corrected chi connectivity index (χ3v) is 3.79. The van der Waals surface area contributed by atoms with Gasteiger partial charge in [-0.1, -0.05) is 0 Å². The summed E-state index contributed by atoms with van der Waals surface area (Å²) in [6.07, 6.45) is 3.07. The summed E-state index contributed by atoms with van der Waals surface area (Å²) < 4.78 is 6.59. The number of carbonyl (C=O) groups excluding carboxylic acids is 2. The molecule has 10 nitrogen and oxygen atoms in total. The Labute approximate surface area is 173 Å². The topological polar surface area (TPSA) is 124 Å². The Balaban J connectivity index is 2.04. The molecule has 3 heterocycles. The van der Waals surface area contributed by atoms with E-state index < -0.39 is 11.4 Å². The molecule has 0 fully saturated rings. The van der Waals surface area contributed by atoms with E-state index in [0.717, 1.165) is 0 Å². The van der Waals surface area contributed by atoms with Gasteiger partial charge in [-0.2, -0.15) is 0 Å². The van der Waals surface area contributed by atoms with E-state index in [4.69, 9.17) is 4.74 Å². The average Bonchev–Trinajstić information content (AvgIpc) is 3.12. The van der Waals surface area contributed by atoms with E-state index in [2.05, 4.69) is 30.7 Å². The lowest BCUT2D eigenvalue weighted by Crippen LogP contribution is -2.41. The highest BCUT2D eigenvalue weighted by atomic mass is 16.5. The SMILES string of the molecule is COc1ccc(-n2nc(C(=O)NC(C)(C)C)nc2-c2ccc(NC(C)=O)cn2)cn1. The molecule has 3 rings (SSSR count). The number of hydrogen-bond donors (Lipinski definition) is 2. The van der Waals surface area contributed by atoms with Crippen LogP contribution in [0.1, 0.15) is 38.3 Å². The fourth-order valence-corrected chi connectivity index (χ4v) is 2.57. The van der Waals surface area contributed by atoms with E-state index in [1.165, 1.54) is 24.9 Å². The van der Waals surface area contributed by atoms with Crippen molar-refractivity contribution in [2.24, 2.45) is 0 Å². The third kappa shape index (κ3) is 4.96. The normalized spacial score (nSPS) is 11.1. The van der Waals surface area contributed by atoms with Gasteiger partial charge >= 0.3 is 0 Å². The summed E-state index contributed by atoms with van der Waals surface area (Å²) in [5, 5.41) is 9.88. The van der Waals surface area contributed by atoms with Crippen LogP contribution in [-0.2, 0) is 4.79 Å². The zero-order valence-electron chi connectivity index (χ0n) is 17.4. The minimum Gasteiger partial charge on any atom is -0.481 e. The molecule has 0 saturated heterocycles. The van der Waals surface area contributed by atoms with Gasteiger partial charge in [0.05, 0.1) is 30.9 Å². The van der Waals surface area contributed by atoms with Crippen LogP contribution in [-0.4, -0.2) is 49.2 Å². The Morgan fingerprint density at radius 1 is 1.07 bits per heavy atom. The molecule has 0 unspecified atom stereocenters. The zero-order valence-corrected chi connectivity index (χ0v) is 17.4. The van der Waals surface area contributed by atoms with Gasteiger partial charge in [0.2, 0.25) is 17.6 Å². The maximum absolute atomic E-state index is 12.6. The maximum atomic E-state index is 12.6. The van der Waals surface area contributed by atoms with Crippen molar-refractivity contribution < 1.29 is 14.3 Å². The minimum atomic E-state index is -0.442. The van der Waals surface area contributed by atoms with Crippen LogP contribution in [0.3, 0.4) is 0 Å². The number of methoxy groups -OCH3 is 1. The van der Waals surface area contributed by atoms with Crippen molar-refractivity contribution >= 4 is 17.5 Å². The van der Waals surface area contributed by atoms with Crippen LogP contribution >= 0.6 is 0 Å². The van der Waals surface area contributed by atoms with Crippen LogP contribution in [0.2, 0.25) is 0 Å². The van der Waals surface area contributed by atoms with Crippen LogP contribution in [0.15, 0.2) is 36.7 Å². The molecule has 3 aromatic heterocycles. The predicted molar refractivity (Wildman–Crippen MR) is 110 cm³/mol. The van der Waals surface area contributed by atoms with Crippen molar-refractivity contribution in [3.05, 3.63) is 42.5 Å². The second kappa shape index (κ2) is 8.27. The third-order valence-electron chi connectivity index (χ3n) is 3.79. The molecule has 2 amide bonds. The Hall–Kier alpha value is -3.82. The van der Waals surface area contributed by atoms with Crippen molar-refractivity contribution in [3.8, 4) is 23.1 Å². The van der Waals surface area contributed by atoms with Gasteiger partial charge in [0.1, 0.15) is 5.69 Å². The second-order valence-corrected chi connectivity index (χ2v) is 7.55. The van der Waals surface area contributed by atoms with Crippen molar-refractivity contribution in [2.75, 3.05) is 12.4 Å². The number of ether oxygens (including phenoxy) is 1. The number of carbonyl (C=O) groups is 2. The molecular formula is C20H23N7O3. The number of rotatable bonds is 5. The lowest BCUT2D eigenvalue weighted by Gasteiger charge is -2.18. The smallest absolute Gasteiger partial charge is 0.291 e. The number of hydrogen-bond acceptors (Lipinski definition) is 7. The number of anilines is 1. The zero-order chi connectivity index (χ0) is 21.9. The molecule has 0 bridgehead atoms. The summed E-state index contributed by atoms with van der Waals surface area (Å²) in [5.41, 5.74) is 1.17. The van der Waals surface area contributed by atoms with Crippen molar-refractivity contribution in [3.63, 3.8) is 0 Å². The van der Waals surface area contributed by atoms with Crippen LogP contribution in [0.4, 0.5) is 5.69 Å². The van der Waals surface area contributed by atoms with Gasteiger partial charge < -0.3 is 15.4 Å². The average molecular weight is 409 g/mol. The van der Waals surface area contributed by atoms with Gasteiger partial charge in [0, 0.05) is 18.5 Å². The van der Waals surface area contributed by atoms with Gasteiger partial charge in [0.25, 0.3) is 5.91 Å². The second-order valence-electron chi connectivity index (χ2n) is 7.55. The van der Waals surface area contributed by atoms with Crippen LogP contribution in [0.5, 0.6) is 5.88 Å². The highest BCUT2D eigenvalue weighted by molar-refractivity contribution is 5.91. The summed E-state index contributed by atoms with van der Waals surface area (Å²) in [6, 6.07) is 6.82. The standard InChI is InChI=1S/C20H23N7O3/c1-12(28)23-13-6-8-15(21-10-13)18-24-17(19(29)25-20(2,3)4)26-27(18)14-7-9-16(30-5)22-11-14/h6-11H,1-5H3,(H,23,28)(H,25,29). The van der Waals surface area contributed by atoms with Gasteiger partial charge in [0.15, 0.2) is 5.82 Å². The van der Waals surface area contributed by atoms with Crippen LogP contribution in [0.25, 0.3) is 17.2 Å². The van der Waals surface area contributed by atoms with E-state index in [9.17, 15) is 9.59 Å². The first-order chi connectivity index (χ1) is 14.2. The molecule has 0 aliphatic heterocycles. The van der Waals surface area contributed by atoms with Crippen molar-refractivity contribution in [1.82, 2.24) is 30.0 Å². The molecule has 30 heavy (non-hydrogen) atoms. The van der Waals surface area contributed by atoms with E-state index in [1.54, 1.807) is 30.5 Å². The number of aromatic nitrogens is 5. The summed E-state index contributed by atoms with van der Waals surface area (Å²) in [4.78, 5) is 36.8. The molecule has 0 saturated carbocycles. The molecule has 0 atom stereocenters. The molecule has 10 heteroatoms. The first-order valence-corrected chi connectivity index (χ1v) is 9.20. The lowest BCUT2D eigenvalue weighted by molar-refractivity contribution is -0.114. The maximum Gasteiger partial charge on any atom is 0.291 e. The van der Waals surface area contributed by atoms with Gasteiger partial charge in [-0.05, 0) is 39.0 Å². The fraction of sp³-hybridized carbons (Fsp3) is 0.300. The molecule has 156 valence electrons. The molecule has 0 aliphatic rings. The highest BCUT2D eigenvalue weighted by Gasteiger charge is 2.23. The van der Waals surface area contributed by atoms with E-state index in [0.29, 0.717) is 28.8 Å². The van der Waals surface area contributed by atoms with E-state index in [1.807, 2.05) is 20.8 Å². The molecule has 0 radical (unpaired) electrons. The molecule has 0 aromatic carbocycles. The lowest BCUT2D eigenvalue weighted by atomic mass is 10.1. The first-order valence-electron chi connectivity index (χ1n) is 9.20. The highest BCUT2D eigenvalue weighted by Crippen LogP contribution is 2.21. The van der Waals surface area contributed by atoms with Crippen LogP contribution in [0, 0.1) is 0 Å². The fourth-order valence-electron chi connectivity index (χ4n) is 2.57. The summed E-state index contributed by atoms with van der Waals surface area (Å²) in [5.74, 6) is 0.208. The minimum absolute atomic E-state index is 0.00322. The summed E-state index contributed by atoms with van der Waals surface area (Å²) in [6.45, 7) is 7.04. The number of nitrogens with zero attached hydrogens (tertiary/aromatic N) is 5. The van der Waals surface area contributed by atoms with Gasteiger partial charge in [-0.15, -0.1) is 5.10 Å². The van der Waals surface area contributed by atoms with E-state index in [-0.39, 0.29) is 11.7 Å². The van der Waals surface area contributed by atoms with Crippen LogP contribution < -0.4 is 15.4 Å². The first kappa shape index (κ1) is 20.9. The summed E-state index contributed by atoms with van der Waals surface area (Å²) >= 11 is 0. The Bertz CT molecular complexity index is 1050. The van der Waals surface area contributed by atoms with Gasteiger partial charge in [-0.25, -0.2) is 14.6 Å². The molecule has 2 N–H and O–H groups in total. The Kier molecular flexibility index (Phi) is 5.77. The van der Waals surface area contributed by atoms with Crippen molar-refractivity contribution in [2.45, 2.75) is 33.2 Å². The van der Waals surface area contributed by atoms with Crippen molar-refractivity contribution in [1.29, 1.82) is 0 Å². The molecule has 3 aromatic rings. The number of amides is 2. The van der Waals surface area contributed by atoms with E-state index >= 15 is 0 Å². The Morgan fingerprint density at radius 3 is 2.37 bits per heavy atom. The monoisotopic (exact) mass is 409 g/mol. The number of pyridine rings is 2. The Morgan fingerprint density at radius 2 is 1.83 bits per heavy atom. The van der Waals surface area contributed by atoms with Gasteiger partial charge in [-0.3, -0.25) is 14.6 Å². The largest absolute Gasteiger partial charge is 0.481 e. The number of nitrogens with one attached hydrogen (secondary N) is 2. The summed E-state index contributed by atoms with van der Waals surface area (Å²) in [7, 11) is 1.53. The molecule has 0 spiro atoms. The quantitative estimate of drug-likeness (QED) is 0.662. The predicted octanol–water partition coefficient (Wildman–Crippen LogP) is 2.22.